The van der Waals surface area contributed by atoms with Crippen molar-refractivity contribution in [3.63, 3.8) is 0 Å². The highest BCUT2D eigenvalue weighted by Gasteiger charge is 2.50. The van der Waals surface area contributed by atoms with E-state index in [1.54, 1.807) is 20.8 Å². The Kier molecular flexibility index (Phi) is 4.79. The summed E-state index contributed by atoms with van der Waals surface area (Å²) in [6, 6.07) is 0. The molecule has 17 heavy (non-hydrogen) atoms. The van der Waals surface area contributed by atoms with Gasteiger partial charge in [0.15, 0.2) is 5.54 Å². The molecule has 0 bridgehead atoms. The van der Waals surface area contributed by atoms with E-state index < -0.39 is 23.2 Å². The lowest BCUT2D eigenvalue weighted by Crippen LogP contribution is -2.73. The van der Waals surface area contributed by atoms with Crippen molar-refractivity contribution in [3.05, 3.63) is 0 Å². The quantitative estimate of drug-likeness (QED) is 0.700. The van der Waals surface area contributed by atoms with Gasteiger partial charge < -0.3 is 20.1 Å². The zero-order valence-electron chi connectivity index (χ0n) is 10.5. The molecule has 1 rings (SSSR count). The SMILES string of the molecule is COC(=O)C1(N)CN(C(=O)OC(C)(C)C)C1.Cl. The van der Waals surface area contributed by atoms with E-state index in [9.17, 15) is 9.59 Å². The number of hydrogen-bond acceptors (Lipinski definition) is 5. The number of likely N-dealkylation sites (tertiary alicyclic amines) is 1. The van der Waals surface area contributed by atoms with Crippen molar-refractivity contribution in [2.45, 2.75) is 31.9 Å². The van der Waals surface area contributed by atoms with Gasteiger partial charge in [-0.2, -0.15) is 0 Å². The van der Waals surface area contributed by atoms with Crippen molar-refractivity contribution in [1.29, 1.82) is 0 Å². The fourth-order valence-electron chi connectivity index (χ4n) is 1.42. The molecule has 0 radical (unpaired) electrons. The number of rotatable bonds is 1. The highest BCUT2D eigenvalue weighted by molar-refractivity contribution is 5.85. The predicted molar refractivity (Wildman–Crippen MR) is 64.0 cm³/mol. The van der Waals surface area contributed by atoms with Gasteiger partial charge in [-0.05, 0) is 20.8 Å². The molecule has 0 unspecified atom stereocenters. The third-order valence-corrected chi connectivity index (χ3v) is 2.19. The maximum absolute atomic E-state index is 11.5. The Morgan fingerprint density at radius 3 is 2.12 bits per heavy atom. The molecule has 1 aliphatic heterocycles. The molecular weight excluding hydrogens is 248 g/mol. The second-order valence-electron chi connectivity index (χ2n) is 4.98. The van der Waals surface area contributed by atoms with Crippen LogP contribution in [0, 0.1) is 0 Å². The lowest BCUT2D eigenvalue weighted by Gasteiger charge is -2.44. The molecule has 0 aromatic rings. The maximum atomic E-state index is 11.5. The predicted octanol–water partition coefficient (Wildman–Crippen LogP) is 0.529. The van der Waals surface area contributed by atoms with Crippen LogP contribution in [0.25, 0.3) is 0 Å². The van der Waals surface area contributed by atoms with E-state index in [2.05, 4.69) is 4.74 Å². The van der Waals surface area contributed by atoms with Gasteiger partial charge in [-0.25, -0.2) is 9.59 Å². The fraction of sp³-hybridized carbons (Fsp3) is 0.800. The first-order chi connectivity index (χ1) is 7.18. The van der Waals surface area contributed by atoms with E-state index in [0.29, 0.717) is 0 Å². The number of halogens is 1. The Balaban J connectivity index is 0.00000256. The number of amides is 1. The molecule has 1 amide bonds. The van der Waals surface area contributed by atoms with Crippen LogP contribution in [0.4, 0.5) is 4.79 Å². The number of hydrogen-bond donors (Lipinski definition) is 1. The monoisotopic (exact) mass is 266 g/mol. The summed E-state index contributed by atoms with van der Waals surface area (Å²) in [6.45, 7) is 5.60. The van der Waals surface area contributed by atoms with Crippen molar-refractivity contribution in [2.75, 3.05) is 20.2 Å². The van der Waals surface area contributed by atoms with E-state index in [4.69, 9.17) is 10.5 Å². The van der Waals surface area contributed by atoms with Gasteiger partial charge in [-0.15, -0.1) is 12.4 Å². The second-order valence-corrected chi connectivity index (χ2v) is 4.98. The minimum absolute atomic E-state index is 0. The molecule has 0 aromatic carbocycles. The molecule has 0 saturated carbocycles. The van der Waals surface area contributed by atoms with Crippen LogP contribution in [-0.2, 0) is 14.3 Å². The molecule has 1 heterocycles. The van der Waals surface area contributed by atoms with Crippen LogP contribution < -0.4 is 5.73 Å². The normalized spacial score (nSPS) is 17.6. The fourth-order valence-corrected chi connectivity index (χ4v) is 1.42. The molecule has 0 aromatic heterocycles. The molecular formula is C10H19ClN2O4. The minimum Gasteiger partial charge on any atom is -0.468 e. The standard InChI is InChI=1S/C10H18N2O4.ClH/c1-9(2,3)16-8(14)12-5-10(11,6-12)7(13)15-4;/h5-6,11H2,1-4H3;1H. The summed E-state index contributed by atoms with van der Waals surface area (Å²) < 4.78 is 9.67. The second kappa shape index (κ2) is 5.10. The van der Waals surface area contributed by atoms with Crippen LogP contribution in [0.3, 0.4) is 0 Å². The Morgan fingerprint density at radius 1 is 1.29 bits per heavy atom. The number of ether oxygens (including phenoxy) is 2. The van der Waals surface area contributed by atoms with Gasteiger partial charge in [0.2, 0.25) is 0 Å². The van der Waals surface area contributed by atoms with E-state index in [1.807, 2.05) is 0 Å². The number of methoxy groups -OCH3 is 1. The molecule has 0 spiro atoms. The minimum atomic E-state index is -1.08. The summed E-state index contributed by atoms with van der Waals surface area (Å²) >= 11 is 0. The Hall–Kier alpha value is -1.01. The molecule has 7 heteroatoms. The summed E-state index contributed by atoms with van der Waals surface area (Å²) in [5, 5.41) is 0. The third kappa shape index (κ3) is 3.74. The first kappa shape index (κ1) is 16.0. The van der Waals surface area contributed by atoms with Gasteiger partial charge in [0.05, 0.1) is 20.2 Å². The largest absolute Gasteiger partial charge is 0.468 e. The van der Waals surface area contributed by atoms with E-state index in [-0.39, 0.29) is 25.5 Å². The van der Waals surface area contributed by atoms with Crippen LogP contribution in [0.5, 0.6) is 0 Å². The van der Waals surface area contributed by atoms with Crippen LogP contribution in [0.2, 0.25) is 0 Å². The molecule has 2 N–H and O–H groups in total. The molecule has 6 nitrogen and oxygen atoms in total. The smallest absolute Gasteiger partial charge is 0.410 e. The molecule has 100 valence electrons. The third-order valence-electron chi connectivity index (χ3n) is 2.19. The number of esters is 1. The van der Waals surface area contributed by atoms with Crippen molar-refractivity contribution < 1.29 is 19.1 Å². The lowest BCUT2D eigenvalue weighted by molar-refractivity contribution is -0.153. The van der Waals surface area contributed by atoms with Gasteiger partial charge in [-0.1, -0.05) is 0 Å². The van der Waals surface area contributed by atoms with Crippen molar-refractivity contribution >= 4 is 24.5 Å². The van der Waals surface area contributed by atoms with E-state index in [1.165, 1.54) is 12.0 Å². The van der Waals surface area contributed by atoms with Gasteiger partial charge in [0, 0.05) is 0 Å². The average Bonchev–Trinajstić information content (AvgIpc) is 2.08. The highest BCUT2D eigenvalue weighted by atomic mass is 35.5. The molecule has 0 aliphatic carbocycles. The summed E-state index contributed by atoms with van der Waals surface area (Å²) in [5.41, 5.74) is 4.10. The zero-order valence-corrected chi connectivity index (χ0v) is 11.3. The maximum Gasteiger partial charge on any atom is 0.410 e. The summed E-state index contributed by atoms with van der Waals surface area (Å²) in [6.07, 6.45) is -0.461. The molecule has 1 fully saturated rings. The Labute approximate surface area is 107 Å². The molecule has 0 atom stereocenters. The van der Waals surface area contributed by atoms with E-state index >= 15 is 0 Å². The van der Waals surface area contributed by atoms with Crippen LogP contribution in [0.15, 0.2) is 0 Å². The van der Waals surface area contributed by atoms with Crippen LogP contribution >= 0.6 is 12.4 Å². The van der Waals surface area contributed by atoms with Crippen molar-refractivity contribution in [3.8, 4) is 0 Å². The molecule has 1 aliphatic rings. The van der Waals surface area contributed by atoms with Gasteiger partial charge in [0.25, 0.3) is 0 Å². The van der Waals surface area contributed by atoms with Crippen LogP contribution in [0.1, 0.15) is 20.8 Å². The van der Waals surface area contributed by atoms with Crippen molar-refractivity contribution in [2.24, 2.45) is 5.73 Å². The van der Waals surface area contributed by atoms with Crippen molar-refractivity contribution in [1.82, 2.24) is 4.90 Å². The topological polar surface area (TPSA) is 81.9 Å². The number of carbonyl (C=O) groups is 2. The number of nitrogens with zero attached hydrogens (tertiary/aromatic N) is 1. The lowest BCUT2D eigenvalue weighted by atomic mass is 9.92. The van der Waals surface area contributed by atoms with Gasteiger partial charge in [0.1, 0.15) is 5.60 Å². The molecule has 1 saturated heterocycles. The highest BCUT2D eigenvalue weighted by Crippen LogP contribution is 2.22. The zero-order chi connectivity index (χ0) is 12.6. The summed E-state index contributed by atoms with van der Waals surface area (Å²) in [7, 11) is 1.27. The number of nitrogens with two attached hydrogens (primary N) is 1. The van der Waals surface area contributed by atoms with Gasteiger partial charge >= 0.3 is 12.1 Å². The Bertz CT molecular complexity index is 308. The Morgan fingerprint density at radius 2 is 1.76 bits per heavy atom. The first-order valence-corrected chi connectivity index (χ1v) is 5.03. The van der Waals surface area contributed by atoms with Crippen LogP contribution in [-0.4, -0.2) is 48.3 Å². The van der Waals surface area contributed by atoms with E-state index in [0.717, 1.165) is 0 Å². The first-order valence-electron chi connectivity index (χ1n) is 5.03. The average molecular weight is 267 g/mol. The van der Waals surface area contributed by atoms with Gasteiger partial charge in [-0.3, -0.25) is 0 Å². The summed E-state index contributed by atoms with van der Waals surface area (Å²) in [5.74, 6) is -0.507. The summed E-state index contributed by atoms with van der Waals surface area (Å²) in [4.78, 5) is 24.2. The number of carbonyl (C=O) groups excluding carboxylic acids is 2.